The number of ether oxygens (including phenoxy) is 1. The summed E-state index contributed by atoms with van der Waals surface area (Å²) in [4.78, 5) is 0. The molecule has 1 aromatic rings. The Labute approximate surface area is 106 Å². The molecule has 0 saturated heterocycles. The zero-order valence-corrected chi connectivity index (χ0v) is 10.6. The van der Waals surface area contributed by atoms with Crippen molar-refractivity contribution in [1.82, 2.24) is 0 Å². The second kappa shape index (κ2) is 4.92. The van der Waals surface area contributed by atoms with Crippen molar-refractivity contribution in [3.8, 4) is 0 Å². The lowest BCUT2D eigenvalue weighted by Gasteiger charge is -2.45. The van der Waals surface area contributed by atoms with Gasteiger partial charge in [0.15, 0.2) is 0 Å². The van der Waals surface area contributed by atoms with Crippen molar-refractivity contribution < 1.29 is 9.13 Å². The van der Waals surface area contributed by atoms with Crippen LogP contribution in [0, 0.1) is 5.82 Å². The van der Waals surface area contributed by atoms with Gasteiger partial charge in [0.1, 0.15) is 5.82 Å². The van der Waals surface area contributed by atoms with Gasteiger partial charge >= 0.3 is 0 Å². The highest BCUT2D eigenvalue weighted by atomic mass is 35.5. The van der Waals surface area contributed by atoms with Gasteiger partial charge in [0.05, 0.1) is 10.6 Å². The maximum Gasteiger partial charge on any atom is 0.145 e. The highest BCUT2D eigenvalue weighted by molar-refractivity contribution is 6.30. The second-order valence-electron chi connectivity index (χ2n) is 4.65. The van der Waals surface area contributed by atoms with Crippen LogP contribution in [0.1, 0.15) is 24.8 Å². The van der Waals surface area contributed by atoms with Crippen molar-refractivity contribution in [3.05, 3.63) is 34.6 Å². The average molecular weight is 258 g/mol. The Balaban J connectivity index is 2.13. The summed E-state index contributed by atoms with van der Waals surface area (Å²) >= 11 is 5.75. The molecule has 0 radical (unpaired) electrons. The van der Waals surface area contributed by atoms with Gasteiger partial charge in [-0.25, -0.2) is 4.39 Å². The highest BCUT2D eigenvalue weighted by Crippen LogP contribution is 2.38. The van der Waals surface area contributed by atoms with E-state index in [2.05, 4.69) is 0 Å². The summed E-state index contributed by atoms with van der Waals surface area (Å²) in [5, 5.41) is 0.148. The van der Waals surface area contributed by atoms with Gasteiger partial charge in [-0.3, -0.25) is 0 Å². The smallest absolute Gasteiger partial charge is 0.145 e. The zero-order chi connectivity index (χ0) is 12.5. The Morgan fingerprint density at radius 1 is 1.53 bits per heavy atom. The summed E-state index contributed by atoms with van der Waals surface area (Å²) in [6.45, 7) is 0. The molecule has 2 N–H and O–H groups in total. The highest BCUT2D eigenvalue weighted by Gasteiger charge is 2.42. The van der Waals surface area contributed by atoms with Crippen LogP contribution in [-0.4, -0.2) is 18.8 Å². The van der Waals surface area contributed by atoms with E-state index in [4.69, 9.17) is 22.1 Å². The zero-order valence-electron chi connectivity index (χ0n) is 9.88. The van der Waals surface area contributed by atoms with Crippen LogP contribution in [0.4, 0.5) is 4.39 Å². The minimum Gasteiger partial charge on any atom is -0.377 e. The van der Waals surface area contributed by atoms with Crippen molar-refractivity contribution in [2.24, 2.45) is 5.73 Å². The molecule has 1 aliphatic rings. The maximum absolute atomic E-state index is 13.7. The summed E-state index contributed by atoms with van der Waals surface area (Å²) in [6.07, 6.45) is 3.49. The molecule has 0 spiro atoms. The largest absolute Gasteiger partial charge is 0.377 e. The van der Waals surface area contributed by atoms with E-state index in [-0.39, 0.29) is 22.5 Å². The third kappa shape index (κ3) is 2.32. The molecule has 0 bridgehead atoms. The van der Waals surface area contributed by atoms with Gasteiger partial charge in [-0.2, -0.15) is 0 Å². The molecule has 0 heterocycles. The van der Waals surface area contributed by atoms with Crippen molar-refractivity contribution in [3.63, 3.8) is 0 Å². The van der Waals surface area contributed by atoms with Gasteiger partial charge in [0.2, 0.25) is 0 Å². The summed E-state index contributed by atoms with van der Waals surface area (Å²) in [6, 6.07) is 4.83. The van der Waals surface area contributed by atoms with E-state index < -0.39 is 0 Å². The molecule has 1 saturated carbocycles. The van der Waals surface area contributed by atoms with Crippen molar-refractivity contribution >= 4 is 11.6 Å². The van der Waals surface area contributed by atoms with Crippen LogP contribution in [-0.2, 0) is 11.2 Å². The van der Waals surface area contributed by atoms with E-state index in [9.17, 15) is 4.39 Å². The van der Waals surface area contributed by atoms with Crippen LogP contribution in [0.25, 0.3) is 0 Å². The van der Waals surface area contributed by atoms with Gasteiger partial charge < -0.3 is 10.5 Å². The van der Waals surface area contributed by atoms with Crippen LogP contribution in [0.5, 0.6) is 0 Å². The first-order chi connectivity index (χ1) is 8.09. The first kappa shape index (κ1) is 12.8. The molecule has 1 aromatic carbocycles. The van der Waals surface area contributed by atoms with Gasteiger partial charge in [0, 0.05) is 13.2 Å². The van der Waals surface area contributed by atoms with Crippen molar-refractivity contribution in [2.45, 2.75) is 37.3 Å². The van der Waals surface area contributed by atoms with E-state index in [0.717, 1.165) is 19.3 Å². The SMILES string of the molecule is COC1(C(N)Cc2cccc(Cl)c2F)CCC1. The fourth-order valence-electron chi connectivity index (χ4n) is 2.38. The van der Waals surface area contributed by atoms with Crippen LogP contribution < -0.4 is 5.73 Å². The minimum atomic E-state index is -0.366. The predicted octanol–water partition coefficient (Wildman–Crippen LogP) is 2.92. The van der Waals surface area contributed by atoms with Gasteiger partial charge in [-0.1, -0.05) is 23.7 Å². The van der Waals surface area contributed by atoms with Crippen LogP contribution in [0.3, 0.4) is 0 Å². The number of rotatable bonds is 4. The molecular formula is C13H17ClFNO. The van der Waals surface area contributed by atoms with E-state index in [1.807, 2.05) is 0 Å². The summed E-state index contributed by atoms with van der Waals surface area (Å²) < 4.78 is 19.2. The number of methoxy groups -OCH3 is 1. The number of hydrogen-bond donors (Lipinski definition) is 1. The first-order valence-electron chi connectivity index (χ1n) is 5.83. The topological polar surface area (TPSA) is 35.2 Å². The predicted molar refractivity (Wildman–Crippen MR) is 66.7 cm³/mol. The molecule has 1 aliphatic carbocycles. The third-order valence-corrected chi connectivity index (χ3v) is 4.05. The number of nitrogens with two attached hydrogens (primary N) is 1. The van der Waals surface area contributed by atoms with E-state index >= 15 is 0 Å². The molecule has 0 amide bonds. The lowest BCUT2D eigenvalue weighted by Crippen LogP contribution is -2.55. The minimum absolute atomic E-state index is 0.148. The monoisotopic (exact) mass is 257 g/mol. The average Bonchev–Trinajstić information content (AvgIpc) is 2.24. The summed E-state index contributed by atoms with van der Waals surface area (Å²) in [7, 11) is 1.67. The fourth-order valence-corrected chi connectivity index (χ4v) is 2.57. The summed E-state index contributed by atoms with van der Waals surface area (Å²) in [5.74, 6) is -0.366. The van der Waals surface area contributed by atoms with Crippen LogP contribution in [0.15, 0.2) is 18.2 Å². The number of benzene rings is 1. The molecule has 4 heteroatoms. The first-order valence-corrected chi connectivity index (χ1v) is 6.20. The lowest BCUT2D eigenvalue weighted by atomic mass is 9.73. The molecule has 17 heavy (non-hydrogen) atoms. The summed E-state index contributed by atoms with van der Waals surface area (Å²) in [5.41, 5.74) is 6.43. The van der Waals surface area contributed by atoms with E-state index in [1.54, 1.807) is 25.3 Å². The maximum atomic E-state index is 13.7. The quantitative estimate of drug-likeness (QED) is 0.900. The Morgan fingerprint density at radius 2 is 2.24 bits per heavy atom. The number of hydrogen-bond acceptors (Lipinski definition) is 2. The van der Waals surface area contributed by atoms with Crippen LogP contribution >= 0.6 is 11.6 Å². The second-order valence-corrected chi connectivity index (χ2v) is 5.05. The molecule has 94 valence electrons. The number of halogens is 2. The molecule has 1 fully saturated rings. The molecular weight excluding hydrogens is 241 g/mol. The molecule has 1 unspecified atom stereocenters. The third-order valence-electron chi connectivity index (χ3n) is 3.75. The Morgan fingerprint density at radius 3 is 2.76 bits per heavy atom. The van der Waals surface area contributed by atoms with Gasteiger partial charge in [-0.15, -0.1) is 0 Å². The molecule has 0 aliphatic heterocycles. The standard InChI is InChI=1S/C13H17ClFNO/c1-17-13(6-3-7-13)11(16)8-9-4-2-5-10(14)12(9)15/h2,4-5,11H,3,6-8,16H2,1H3. The van der Waals surface area contributed by atoms with E-state index in [1.165, 1.54) is 0 Å². The molecule has 2 rings (SSSR count). The normalized spacial score (nSPS) is 19.8. The Hall–Kier alpha value is -0.640. The lowest BCUT2D eigenvalue weighted by molar-refractivity contribution is -0.0898. The van der Waals surface area contributed by atoms with Gasteiger partial charge in [0.25, 0.3) is 0 Å². The van der Waals surface area contributed by atoms with E-state index in [0.29, 0.717) is 12.0 Å². The Kier molecular flexibility index (Phi) is 3.71. The van der Waals surface area contributed by atoms with Gasteiger partial charge in [-0.05, 0) is 37.3 Å². The van der Waals surface area contributed by atoms with Crippen LogP contribution in [0.2, 0.25) is 5.02 Å². The van der Waals surface area contributed by atoms with Crippen molar-refractivity contribution in [2.75, 3.05) is 7.11 Å². The molecule has 0 aromatic heterocycles. The fraction of sp³-hybridized carbons (Fsp3) is 0.538. The van der Waals surface area contributed by atoms with Crippen molar-refractivity contribution in [1.29, 1.82) is 0 Å². The molecule has 1 atom stereocenters. The molecule has 2 nitrogen and oxygen atoms in total. The Bertz CT molecular complexity index is 401.